The summed E-state index contributed by atoms with van der Waals surface area (Å²) in [6.45, 7) is 9.19. The van der Waals surface area contributed by atoms with Crippen LogP contribution < -0.4 is 5.32 Å². The summed E-state index contributed by atoms with van der Waals surface area (Å²) in [7, 11) is 0. The van der Waals surface area contributed by atoms with E-state index < -0.39 is 0 Å². The first-order valence-corrected chi connectivity index (χ1v) is 11.3. The number of amides is 1. The van der Waals surface area contributed by atoms with Crippen LogP contribution in [0.25, 0.3) is 22.0 Å². The van der Waals surface area contributed by atoms with E-state index >= 15 is 0 Å². The molecule has 1 N–H and O–H groups in total. The van der Waals surface area contributed by atoms with Crippen LogP contribution in [-0.4, -0.2) is 28.9 Å². The van der Waals surface area contributed by atoms with Crippen molar-refractivity contribution in [3.63, 3.8) is 0 Å². The summed E-state index contributed by atoms with van der Waals surface area (Å²) in [5.74, 6) is -0.448. The summed E-state index contributed by atoms with van der Waals surface area (Å²) >= 11 is 0. The Kier molecular flexibility index (Phi) is 6.80. The maximum atomic E-state index is 13.1. The number of aromatic nitrogens is 1. The molecular formula is C28H28FN3O. The number of pyridine rings is 1. The lowest BCUT2D eigenvalue weighted by atomic mass is 10.0. The van der Waals surface area contributed by atoms with Gasteiger partial charge in [-0.05, 0) is 84.7 Å². The molecular weight excluding hydrogens is 413 g/mol. The van der Waals surface area contributed by atoms with Crippen LogP contribution in [0.1, 0.15) is 35.3 Å². The van der Waals surface area contributed by atoms with E-state index in [1.54, 1.807) is 24.3 Å². The highest BCUT2D eigenvalue weighted by molar-refractivity contribution is 6.05. The molecule has 0 aliphatic heterocycles. The fraction of sp³-hybridized carbons (Fsp3) is 0.214. The standard InChI is InChI=1S/C28H28FN3O/c1-4-32(5-2)18-20-15-24-14-19(3)26(16-27(24)30-17-20)31-28(33)23-8-6-21(7-9-23)22-10-12-25(29)13-11-22/h6-17H,4-5,18H2,1-3H3,(H,31,33). The van der Waals surface area contributed by atoms with Crippen molar-refractivity contribution in [3.05, 3.63) is 95.4 Å². The molecule has 3 aromatic carbocycles. The second kappa shape index (κ2) is 9.92. The van der Waals surface area contributed by atoms with Crippen LogP contribution in [0.5, 0.6) is 0 Å². The van der Waals surface area contributed by atoms with Crippen molar-refractivity contribution in [1.29, 1.82) is 0 Å². The third-order valence-electron chi connectivity index (χ3n) is 5.96. The van der Waals surface area contributed by atoms with Gasteiger partial charge in [-0.3, -0.25) is 14.7 Å². The zero-order chi connectivity index (χ0) is 23.4. The Hall–Kier alpha value is -3.57. The Balaban J connectivity index is 1.51. The van der Waals surface area contributed by atoms with Crippen LogP contribution in [0.4, 0.5) is 10.1 Å². The van der Waals surface area contributed by atoms with Crippen molar-refractivity contribution in [2.45, 2.75) is 27.3 Å². The maximum Gasteiger partial charge on any atom is 0.255 e. The molecule has 0 spiro atoms. The van der Waals surface area contributed by atoms with E-state index in [9.17, 15) is 9.18 Å². The van der Waals surface area contributed by atoms with E-state index in [0.717, 1.165) is 52.9 Å². The van der Waals surface area contributed by atoms with Gasteiger partial charge in [-0.15, -0.1) is 0 Å². The number of anilines is 1. The molecule has 33 heavy (non-hydrogen) atoms. The van der Waals surface area contributed by atoms with Crippen LogP contribution >= 0.6 is 0 Å². The van der Waals surface area contributed by atoms with Crippen molar-refractivity contribution in [1.82, 2.24) is 9.88 Å². The van der Waals surface area contributed by atoms with E-state index in [1.807, 2.05) is 31.3 Å². The number of carbonyl (C=O) groups excluding carboxylic acids is 1. The molecule has 5 heteroatoms. The van der Waals surface area contributed by atoms with Gasteiger partial charge in [0, 0.05) is 29.4 Å². The monoisotopic (exact) mass is 441 g/mol. The number of aryl methyl sites for hydroxylation is 1. The van der Waals surface area contributed by atoms with Gasteiger partial charge in [-0.1, -0.05) is 38.1 Å². The third kappa shape index (κ3) is 5.26. The smallest absolute Gasteiger partial charge is 0.255 e. The minimum atomic E-state index is -0.268. The molecule has 1 aromatic heterocycles. The molecule has 168 valence electrons. The van der Waals surface area contributed by atoms with E-state index in [-0.39, 0.29) is 11.7 Å². The molecule has 0 atom stereocenters. The predicted octanol–water partition coefficient (Wildman–Crippen LogP) is 6.44. The van der Waals surface area contributed by atoms with Gasteiger partial charge < -0.3 is 5.32 Å². The van der Waals surface area contributed by atoms with Crippen molar-refractivity contribution in [2.24, 2.45) is 0 Å². The molecule has 1 amide bonds. The minimum Gasteiger partial charge on any atom is -0.322 e. The fourth-order valence-electron chi connectivity index (χ4n) is 3.91. The first-order chi connectivity index (χ1) is 16.0. The lowest BCUT2D eigenvalue weighted by molar-refractivity contribution is 0.102. The SMILES string of the molecule is CCN(CC)Cc1cnc2cc(NC(=O)c3ccc(-c4ccc(F)cc4)cc3)c(C)cc2c1. The lowest BCUT2D eigenvalue weighted by Crippen LogP contribution is -2.22. The Morgan fingerprint density at radius 2 is 1.58 bits per heavy atom. The van der Waals surface area contributed by atoms with E-state index in [4.69, 9.17) is 0 Å². The van der Waals surface area contributed by atoms with Crippen molar-refractivity contribution >= 4 is 22.5 Å². The lowest BCUT2D eigenvalue weighted by Gasteiger charge is -2.18. The average molecular weight is 442 g/mol. The third-order valence-corrected chi connectivity index (χ3v) is 5.96. The van der Waals surface area contributed by atoms with Crippen LogP contribution in [0, 0.1) is 12.7 Å². The van der Waals surface area contributed by atoms with Crippen LogP contribution in [0.3, 0.4) is 0 Å². The summed E-state index contributed by atoms with van der Waals surface area (Å²) in [5, 5.41) is 4.08. The highest BCUT2D eigenvalue weighted by Crippen LogP contribution is 2.25. The van der Waals surface area contributed by atoms with Gasteiger partial charge in [0.25, 0.3) is 5.91 Å². The van der Waals surface area contributed by atoms with Crippen molar-refractivity contribution < 1.29 is 9.18 Å². The summed E-state index contributed by atoms with van der Waals surface area (Å²) in [6.07, 6.45) is 1.91. The number of nitrogens with one attached hydrogen (secondary N) is 1. The first-order valence-electron chi connectivity index (χ1n) is 11.3. The summed E-state index contributed by atoms with van der Waals surface area (Å²) in [4.78, 5) is 19.8. The topological polar surface area (TPSA) is 45.2 Å². The highest BCUT2D eigenvalue weighted by atomic mass is 19.1. The number of hydrogen-bond acceptors (Lipinski definition) is 3. The second-order valence-corrected chi connectivity index (χ2v) is 8.20. The zero-order valence-corrected chi connectivity index (χ0v) is 19.2. The molecule has 0 bridgehead atoms. The zero-order valence-electron chi connectivity index (χ0n) is 19.2. The molecule has 0 unspecified atom stereocenters. The number of halogens is 1. The van der Waals surface area contributed by atoms with Gasteiger partial charge in [-0.2, -0.15) is 0 Å². The molecule has 0 aliphatic rings. The molecule has 4 rings (SSSR count). The first kappa shape index (κ1) is 22.6. The number of fused-ring (bicyclic) bond motifs is 1. The van der Waals surface area contributed by atoms with E-state index in [1.165, 1.54) is 17.7 Å². The molecule has 4 nitrogen and oxygen atoms in total. The predicted molar refractivity (Wildman–Crippen MR) is 133 cm³/mol. The number of nitrogens with zero attached hydrogens (tertiary/aromatic N) is 2. The fourth-order valence-corrected chi connectivity index (χ4v) is 3.91. The number of hydrogen-bond donors (Lipinski definition) is 1. The molecule has 0 aliphatic carbocycles. The Morgan fingerprint density at radius 1 is 0.939 bits per heavy atom. The quantitative estimate of drug-likeness (QED) is 0.359. The summed E-state index contributed by atoms with van der Waals surface area (Å²) in [5.41, 5.74) is 6.16. The van der Waals surface area contributed by atoms with Gasteiger partial charge in [0.15, 0.2) is 0 Å². The minimum absolute atomic E-state index is 0.179. The van der Waals surface area contributed by atoms with E-state index in [0.29, 0.717) is 5.56 Å². The normalized spacial score (nSPS) is 11.2. The van der Waals surface area contributed by atoms with E-state index in [2.05, 4.69) is 41.2 Å². The van der Waals surface area contributed by atoms with Crippen molar-refractivity contribution in [3.8, 4) is 11.1 Å². The van der Waals surface area contributed by atoms with Gasteiger partial charge in [0.05, 0.1) is 5.52 Å². The van der Waals surface area contributed by atoms with Gasteiger partial charge in [0.2, 0.25) is 0 Å². The van der Waals surface area contributed by atoms with Crippen LogP contribution in [-0.2, 0) is 6.54 Å². The number of rotatable bonds is 7. The number of benzene rings is 3. The molecule has 0 fully saturated rings. The average Bonchev–Trinajstić information content (AvgIpc) is 2.83. The van der Waals surface area contributed by atoms with Crippen LogP contribution in [0.2, 0.25) is 0 Å². The summed E-state index contributed by atoms with van der Waals surface area (Å²) < 4.78 is 13.1. The van der Waals surface area contributed by atoms with Gasteiger partial charge in [-0.25, -0.2) is 4.39 Å². The van der Waals surface area contributed by atoms with Crippen molar-refractivity contribution in [2.75, 3.05) is 18.4 Å². The molecule has 0 saturated carbocycles. The Bertz CT molecular complexity index is 1260. The molecule has 0 radical (unpaired) electrons. The molecule has 4 aromatic rings. The Morgan fingerprint density at radius 3 is 2.21 bits per heavy atom. The number of carbonyl (C=O) groups is 1. The van der Waals surface area contributed by atoms with Gasteiger partial charge >= 0.3 is 0 Å². The van der Waals surface area contributed by atoms with Gasteiger partial charge in [0.1, 0.15) is 5.82 Å². The highest BCUT2D eigenvalue weighted by Gasteiger charge is 2.11. The Labute approximate surface area is 194 Å². The second-order valence-electron chi connectivity index (χ2n) is 8.20. The molecule has 1 heterocycles. The largest absolute Gasteiger partial charge is 0.322 e. The summed E-state index contributed by atoms with van der Waals surface area (Å²) in [6, 6.07) is 19.8. The molecule has 0 saturated heterocycles. The maximum absolute atomic E-state index is 13.1. The van der Waals surface area contributed by atoms with Crippen LogP contribution in [0.15, 0.2) is 72.9 Å².